The fraction of sp³-hybridized carbons (Fsp3) is 0.867. The Bertz CT molecular complexity index is 315. The number of rotatable bonds is 11. The van der Waals surface area contributed by atoms with Crippen LogP contribution in [-0.2, 0) is 18.1 Å². The fourth-order valence-electron chi connectivity index (χ4n) is 2.17. The van der Waals surface area contributed by atoms with Crippen molar-refractivity contribution in [3.05, 3.63) is 0 Å². The van der Waals surface area contributed by atoms with Gasteiger partial charge < -0.3 is 13.3 Å². The van der Waals surface area contributed by atoms with E-state index in [0.717, 1.165) is 12.1 Å². The van der Waals surface area contributed by atoms with Crippen LogP contribution >= 0.6 is 0 Å². The number of amides is 1. The number of carbonyl (C=O) groups excluding carboxylic acids is 1. The lowest BCUT2D eigenvalue weighted by Crippen LogP contribution is -2.46. The molecule has 0 aliphatic carbocycles. The second-order valence-electron chi connectivity index (χ2n) is 5.32. The van der Waals surface area contributed by atoms with E-state index in [1.807, 2.05) is 27.7 Å². The highest BCUT2D eigenvalue weighted by atomic mass is 28.4. The van der Waals surface area contributed by atoms with Gasteiger partial charge in [-0.2, -0.15) is 0 Å². The summed E-state index contributed by atoms with van der Waals surface area (Å²) in [6, 6.07) is 0.486. The summed E-state index contributed by atoms with van der Waals surface area (Å²) in [6.45, 7) is 13.4. The molecule has 6 heteroatoms. The van der Waals surface area contributed by atoms with E-state index in [1.54, 1.807) is 0 Å². The molecule has 0 aromatic carbocycles. The van der Waals surface area contributed by atoms with Gasteiger partial charge in [0.15, 0.2) is 0 Å². The second kappa shape index (κ2) is 11.1. The molecule has 0 bridgehead atoms. The molecule has 124 valence electrons. The molecule has 0 saturated carbocycles. The van der Waals surface area contributed by atoms with Gasteiger partial charge in [-0.1, -0.05) is 13.8 Å². The molecule has 0 N–H and O–H groups in total. The van der Waals surface area contributed by atoms with Crippen molar-refractivity contribution < 1.29 is 18.1 Å². The van der Waals surface area contributed by atoms with E-state index in [-0.39, 0.29) is 5.91 Å². The SMILES string of the molecule is CCO[Si](CCC(=O)N=C(C)CC(C)C)(OCC)OCC. The quantitative estimate of drug-likeness (QED) is 0.432. The van der Waals surface area contributed by atoms with Gasteiger partial charge in [0.1, 0.15) is 0 Å². The van der Waals surface area contributed by atoms with Crippen LogP contribution in [0.1, 0.15) is 54.4 Å². The molecule has 0 aromatic rings. The maximum Gasteiger partial charge on any atom is 0.501 e. The summed E-state index contributed by atoms with van der Waals surface area (Å²) >= 11 is 0. The minimum Gasteiger partial charge on any atom is -0.374 e. The molecule has 0 aliphatic heterocycles. The van der Waals surface area contributed by atoms with Crippen molar-refractivity contribution in [1.29, 1.82) is 0 Å². The topological polar surface area (TPSA) is 57.1 Å². The van der Waals surface area contributed by atoms with Crippen molar-refractivity contribution in [2.45, 2.75) is 60.4 Å². The Morgan fingerprint density at radius 3 is 1.90 bits per heavy atom. The summed E-state index contributed by atoms with van der Waals surface area (Å²) in [5, 5.41) is 0. The molecule has 5 nitrogen and oxygen atoms in total. The number of aliphatic imine (C=N–C) groups is 1. The van der Waals surface area contributed by atoms with Gasteiger partial charge in [-0.25, -0.2) is 4.99 Å². The molecule has 0 heterocycles. The van der Waals surface area contributed by atoms with Gasteiger partial charge in [-0.05, 0) is 40.0 Å². The third-order valence-corrected chi connectivity index (χ3v) is 5.80. The van der Waals surface area contributed by atoms with E-state index in [9.17, 15) is 4.79 Å². The van der Waals surface area contributed by atoms with E-state index in [2.05, 4.69) is 18.8 Å². The van der Waals surface area contributed by atoms with Crippen LogP contribution in [0.5, 0.6) is 0 Å². The van der Waals surface area contributed by atoms with Crippen molar-refractivity contribution >= 4 is 20.4 Å². The molecule has 0 saturated heterocycles. The zero-order valence-electron chi connectivity index (χ0n) is 14.4. The zero-order chi connectivity index (χ0) is 16.3. The Labute approximate surface area is 130 Å². The smallest absolute Gasteiger partial charge is 0.374 e. The second-order valence-corrected chi connectivity index (χ2v) is 8.05. The van der Waals surface area contributed by atoms with Crippen LogP contribution in [0.2, 0.25) is 6.04 Å². The summed E-state index contributed by atoms with van der Waals surface area (Å²) in [4.78, 5) is 16.1. The van der Waals surface area contributed by atoms with E-state index >= 15 is 0 Å². The van der Waals surface area contributed by atoms with Crippen LogP contribution in [0, 0.1) is 5.92 Å². The minimum absolute atomic E-state index is 0.121. The largest absolute Gasteiger partial charge is 0.501 e. The van der Waals surface area contributed by atoms with Crippen molar-refractivity contribution in [2.75, 3.05) is 19.8 Å². The zero-order valence-corrected chi connectivity index (χ0v) is 15.4. The molecule has 0 fully saturated rings. The lowest BCUT2D eigenvalue weighted by atomic mass is 10.1. The van der Waals surface area contributed by atoms with Crippen molar-refractivity contribution in [3.63, 3.8) is 0 Å². The van der Waals surface area contributed by atoms with Crippen LogP contribution in [0.3, 0.4) is 0 Å². The van der Waals surface area contributed by atoms with Crippen LogP contribution < -0.4 is 0 Å². The highest BCUT2D eigenvalue weighted by Crippen LogP contribution is 2.18. The van der Waals surface area contributed by atoms with E-state index < -0.39 is 8.80 Å². The van der Waals surface area contributed by atoms with E-state index in [4.69, 9.17) is 13.3 Å². The molecule has 0 spiro atoms. The van der Waals surface area contributed by atoms with Gasteiger partial charge in [0.05, 0.1) is 0 Å². The highest BCUT2D eigenvalue weighted by molar-refractivity contribution is 6.61. The summed E-state index contributed by atoms with van der Waals surface area (Å²) < 4.78 is 17.2. The van der Waals surface area contributed by atoms with Crippen LogP contribution in [0.15, 0.2) is 4.99 Å². The molecular formula is C15H31NO4Si. The summed E-state index contributed by atoms with van der Waals surface area (Å²) in [5.74, 6) is 0.384. The molecule has 0 rings (SSSR count). The normalized spacial score (nSPS) is 13.0. The fourth-order valence-corrected chi connectivity index (χ4v) is 4.69. The van der Waals surface area contributed by atoms with Crippen molar-refractivity contribution in [1.82, 2.24) is 0 Å². The molecule has 0 unspecified atom stereocenters. The third-order valence-electron chi connectivity index (χ3n) is 2.76. The molecule has 0 atom stereocenters. The van der Waals surface area contributed by atoms with Gasteiger partial charge in [0.25, 0.3) is 0 Å². The first-order valence-electron chi connectivity index (χ1n) is 7.87. The Morgan fingerprint density at radius 2 is 1.52 bits per heavy atom. The van der Waals surface area contributed by atoms with Gasteiger partial charge >= 0.3 is 8.80 Å². The molecular weight excluding hydrogens is 286 g/mol. The van der Waals surface area contributed by atoms with Gasteiger partial charge in [0.2, 0.25) is 5.91 Å². The first kappa shape index (κ1) is 20.4. The summed E-state index contributed by atoms with van der Waals surface area (Å²) in [5.41, 5.74) is 0.881. The van der Waals surface area contributed by atoms with Gasteiger partial charge in [-0.15, -0.1) is 0 Å². The first-order chi connectivity index (χ1) is 9.89. The molecule has 21 heavy (non-hydrogen) atoms. The minimum atomic E-state index is -2.73. The molecule has 0 aromatic heterocycles. The lowest BCUT2D eigenvalue weighted by molar-refractivity contribution is -0.117. The maximum atomic E-state index is 12.0. The summed E-state index contributed by atoms with van der Waals surface area (Å²) in [7, 11) is -2.73. The number of hydrogen-bond acceptors (Lipinski definition) is 4. The van der Waals surface area contributed by atoms with Crippen LogP contribution in [0.25, 0.3) is 0 Å². The maximum absolute atomic E-state index is 12.0. The average Bonchev–Trinajstić information content (AvgIpc) is 2.36. The lowest BCUT2D eigenvalue weighted by Gasteiger charge is -2.28. The van der Waals surface area contributed by atoms with Crippen molar-refractivity contribution in [2.24, 2.45) is 10.9 Å². The van der Waals surface area contributed by atoms with Crippen LogP contribution in [-0.4, -0.2) is 40.2 Å². The van der Waals surface area contributed by atoms with Gasteiger partial charge in [-0.3, -0.25) is 4.79 Å². The number of nitrogens with zero attached hydrogens (tertiary/aromatic N) is 1. The third kappa shape index (κ3) is 9.13. The Balaban J connectivity index is 4.62. The Morgan fingerprint density at radius 1 is 1.05 bits per heavy atom. The van der Waals surface area contributed by atoms with Crippen LogP contribution in [0.4, 0.5) is 0 Å². The first-order valence-corrected chi connectivity index (χ1v) is 9.81. The van der Waals surface area contributed by atoms with Gasteiger partial charge in [0, 0.05) is 38.0 Å². The summed E-state index contributed by atoms with van der Waals surface area (Å²) in [6.07, 6.45) is 1.15. The molecule has 0 aliphatic rings. The average molecular weight is 318 g/mol. The molecule has 0 radical (unpaired) electrons. The van der Waals surface area contributed by atoms with E-state index in [0.29, 0.717) is 38.2 Å². The predicted octanol–water partition coefficient (Wildman–Crippen LogP) is 3.46. The van der Waals surface area contributed by atoms with Crippen molar-refractivity contribution in [3.8, 4) is 0 Å². The van der Waals surface area contributed by atoms with E-state index in [1.165, 1.54) is 0 Å². The Hall–Kier alpha value is -0.563. The highest BCUT2D eigenvalue weighted by Gasteiger charge is 2.40. The number of carbonyl (C=O) groups is 1. The number of hydrogen-bond donors (Lipinski definition) is 0. The standard InChI is InChI=1S/C15H31NO4Si/c1-7-18-21(19-8-2,20-9-3)11-10-15(17)16-14(6)12-13(4)5/h13H,7-12H2,1-6H3. The monoisotopic (exact) mass is 317 g/mol. The Kier molecular flexibility index (Phi) is 10.8. The predicted molar refractivity (Wildman–Crippen MR) is 87.6 cm³/mol. The molecule has 1 amide bonds.